The summed E-state index contributed by atoms with van der Waals surface area (Å²) >= 11 is 1.49. The van der Waals surface area contributed by atoms with Gasteiger partial charge < -0.3 is 14.5 Å². The van der Waals surface area contributed by atoms with Crippen molar-refractivity contribution in [1.82, 2.24) is 20.2 Å². The van der Waals surface area contributed by atoms with E-state index in [4.69, 9.17) is 9.15 Å². The van der Waals surface area contributed by atoms with Crippen LogP contribution in [0.3, 0.4) is 0 Å². The standard InChI is InChI=1S/C21H20N4O2S/c1-2-19-20(22-7-1)24-21(28-19)27-16-5-6-17-13(12-26-18(17)8-16)10-25-11-14-3-4-15(25)9-23-14/h1-2,5-8,12,14-15,23H,3-4,9-11H2/t14-,15-/m0/s1. The molecule has 0 amide bonds. The third kappa shape index (κ3) is 2.87. The Balaban J connectivity index is 1.24. The van der Waals surface area contributed by atoms with Crippen molar-refractivity contribution in [2.75, 3.05) is 13.1 Å². The zero-order chi connectivity index (χ0) is 18.5. The van der Waals surface area contributed by atoms with E-state index in [2.05, 4.69) is 26.3 Å². The molecule has 0 spiro atoms. The number of benzene rings is 1. The summed E-state index contributed by atoms with van der Waals surface area (Å²) in [5.74, 6) is 0.730. The lowest BCUT2D eigenvalue weighted by Crippen LogP contribution is -2.60. The van der Waals surface area contributed by atoms with Crippen molar-refractivity contribution in [1.29, 1.82) is 0 Å². The van der Waals surface area contributed by atoms with E-state index >= 15 is 0 Å². The predicted molar refractivity (Wildman–Crippen MR) is 109 cm³/mol. The number of thiazole rings is 1. The number of ether oxygens (including phenoxy) is 1. The van der Waals surface area contributed by atoms with Gasteiger partial charge in [-0.25, -0.2) is 4.98 Å². The molecule has 1 N–H and O–H groups in total. The number of aromatic nitrogens is 2. The first kappa shape index (κ1) is 16.5. The number of piperazine rings is 1. The quantitative estimate of drug-likeness (QED) is 0.562. The molecule has 1 aromatic carbocycles. The lowest BCUT2D eigenvalue weighted by Gasteiger charge is -2.45. The second-order valence-corrected chi connectivity index (χ2v) is 8.58. The fraction of sp³-hybridized carbons (Fsp3) is 0.333. The Morgan fingerprint density at radius 2 is 2.29 bits per heavy atom. The predicted octanol–water partition coefficient (Wildman–Crippen LogP) is 4.17. The second-order valence-electron chi connectivity index (χ2n) is 7.59. The number of hydrogen-bond acceptors (Lipinski definition) is 7. The summed E-state index contributed by atoms with van der Waals surface area (Å²) < 4.78 is 12.8. The first-order chi connectivity index (χ1) is 13.8. The largest absolute Gasteiger partial charge is 0.464 e. The number of pyridine rings is 1. The number of nitrogens with one attached hydrogen (secondary N) is 1. The van der Waals surface area contributed by atoms with E-state index in [1.807, 2.05) is 30.5 Å². The lowest BCUT2D eigenvalue weighted by atomic mass is 9.92. The molecule has 2 atom stereocenters. The molecule has 6 nitrogen and oxygen atoms in total. The molecule has 3 saturated heterocycles. The normalized spacial score (nSPS) is 22.3. The average molecular weight is 392 g/mol. The third-order valence-electron chi connectivity index (χ3n) is 5.81. The maximum atomic E-state index is 5.96. The highest BCUT2D eigenvalue weighted by atomic mass is 32.1. The summed E-state index contributed by atoms with van der Waals surface area (Å²) in [4.78, 5) is 11.3. The molecule has 0 saturated carbocycles. The zero-order valence-corrected chi connectivity index (χ0v) is 16.1. The Morgan fingerprint density at radius 3 is 3.11 bits per heavy atom. The topological polar surface area (TPSA) is 63.4 Å². The first-order valence-electron chi connectivity index (χ1n) is 9.69. The summed E-state index contributed by atoms with van der Waals surface area (Å²) in [6, 6.07) is 11.2. The summed E-state index contributed by atoms with van der Waals surface area (Å²) in [5.41, 5.74) is 2.82. The molecular formula is C21H20N4O2S. The Labute approximate surface area is 166 Å². The van der Waals surface area contributed by atoms with Crippen molar-refractivity contribution in [3.8, 4) is 10.9 Å². The van der Waals surface area contributed by atoms with Gasteiger partial charge in [0.05, 0.1) is 11.0 Å². The van der Waals surface area contributed by atoms with Crippen LogP contribution >= 0.6 is 11.3 Å². The molecule has 7 rings (SSSR count). The zero-order valence-electron chi connectivity index (χ0n) is 15.3. The SMILES string of the molecule is c1cnc2nc(Oc3ccc4c(CN5C[C@@H]6CC[C@H]5CN6)coc4c3)sc2c1. The molecule has 3 aliphatic heterocycles. The molecular weight excluding hydrogens is 372 g/mol. The van der Waals surface area contributed by atoms with Gasteiger partial charge in [-0.05, 0) is 37.1 Å². The minimum absolute atomic E-state index is 0.594. The van der Waals surface area contributed by atoms with Gasteiger partial charge in [0, 0.05) is 54.9 Å². The summed E-state index contributed by atoms with van der Waals surface area (Å²) in [7, 11) is 0. The van der Waals surface area contributed by atoms with Gasteiger partial charge in [0.2, 0.25) is 0 Å². The van der Waals surface area contributed by atoms with Crippen molar-refractivity contribution in [2.24, 2.45) is 0 Å². The average Bonchev–Trinajstić information content (AvgIpc) is 3.32. The van der Waals surface area contributed by atoms with Crippen LogP contribution in [-0.2, 0) is 6.54 Å². The van der Waals surface area contributed by atoms with Gasteiger partial charge in [-0.2, -0.15) is 4.98 Å². The molecule has 0 aliphatic carbocycles. The van der Waals surface area contributed by atoms with Crippen LogP contribution in [-0.4, -0.2) is 40.0 Å². The van der Waals surface area contributed by atoms with Crippen molar-refractivity contribution < 1.29 is 9.15 Å². The summed E-state index contributed by atoms with van der Waals surface area (Å²) in [6.07, 6.45) is 6.23. The van der Waals surface area contributed by atoms with Crippen LogP contribution in [0.1, 0.15) is 18.4 Å². The van der Waals surface area contributed by atoms with Crippen LogP contribution in [0.25, 0.3) is 21.3 Å². The van der Waals surface area contributed by atoms with Crippen LogP contribution in [0.5, 0.6) is 10.9 Å². The number of furan rings is 1. The maximum Gasteiger partial charge on any atom is 0.281 e. The van der Waals surface area contributed by atoms with Gasteiger partial charge in [-0.15, -0.1) is 0 Å². The maximum absolute atomic E-state index is 5.96. The lowest BCUT2D eigenvalue weighted by molar-refractivity contribution is 0.0687. The molecule has 7 heteroatoms. The van der Waals surface area contributed by atoms with Gasteiger partial charge in [-0.3, -0.25) is 4.90 Å². The van der Waals surface area contributed by atoms with Gasteiger partial charge in [0.1, 0.15) is 11.3 Å². The van der Waals surface area contributed by atoms with E-state index < -0.39 is 0 Å². The minimum Gasteiger partial charge on any atom is -0.464 e. The summed E-state index contributed by atoms with van der Waals surface area (Å²) in [5, 5.41) is 5.37. The monoisotopic (exact) mass is 392 g/mol. The van der Waals surface area contributed by atoms with Gasteiger partial charge in [0.25, 0.3) is 5.19 Å². The van der Waals surface area contributed by atoms with Gasteiger partial charge in [0.15, 0.2) is 5.65 Å². The smallest absolute Gasteiger partial charge is 0.281 e. The van der Waals surface area contributed by atoms with Crippen molar-refractivity contribution in [2.45, 2.75) is 31.5 Å². The molecule has 28 heavy (non-hydrogen) atoms. The summed E-state index contributed by atoms with van der Waals surface area (Å²) in [6.45, 7) is 3.18. The highest BCUT2D eigenvalue weighted by Crippen LogP contribution is 2.33. The van der Waals surface area contributed by atoms with Crippen molar-refractivity contribution >= 4 is 32.7 Å². The Bertz CT molecular complexity index is 1110. The molecule has 6 heterocycles. The number of nitrogens with zero attached hydrogens (tertiary/aromatic N) is 3. The van der Waals surface area contributed by atoms with E-state index in [-0.39, 0.29) is 0 Å². The second kappa shape index (κ2) is 6.55. The Hall–Kier alpha value is -2.48. The van der Waals surface area contributed by atoms with Gasteiger partial charge in [-0.1, -0.05) is 11.3 Å². The first-order valence-corrected chi connectivity index (χ1v) is 10.5. The van der Waals surface area contributed by atoms with Crippen LogP contribution in [0.4, 0.5) is 0 Å². The Kier molecular flexibility index (Phi) is 3.85. The molecule has 2 bridgehead atoms. The highest BCUT2D eigenvalue weighted by Gasteiger charge is 2.33. The molecule has 0 radical (unpaired) electrons. The fourth-order valence-corrected chi connectivity index (χ4v) is 5.15. The third-order valence-corrected chi connectivity index (χ3v) is 6.70. The van der Waals surface area contributed by atoms with Gasteiger partial charge >= 0.3 is 0 Å². The van der Waals surface area contributed by atoms with Crippen LogP contribution in [0, 0.1) is 0 Å². The number of piperidine rings is 2. The van der Waals surface area contributed by atoms with Crippen molar-refractivity contribution in [3.05, 3.63) is 48.4 Å². The molecule has 3 fully saturated rings. The van der Waals surface area contributed by atoms with Crippen molar-refractivity contribution in [3.63, 3.8) is 0 Å². The molecule has 3 aliphatic rings. The number of hydrogen-bond donors (Lipinski definition) is 1. The minimum atomic E-state index is 0.594. The van der Waals surface area contributed by atoms with E-state index in [1.54, 1.807) is 6.20 Å². The fourth-order valence-electron chi connectivity index (χ4n) is 4.36. The van der Waals surface area contributed by atoms with E-state index in [0.29, 0.717) is 22.9 Å². The number of rotatable bonds is 4. The number of fused-ring (bicyclic) bond motifs is 5. The van der Waals surface area contributed by atoms with E-state index in [0.717, 1.165) is 41.1 Å². The molecule has 3 aromatic heterocycles. The molecule has 4 aromatic rings. The molecule has 142 valence electrons. The van der Waals surface area contributed by atoms with Crippen LogP contribution in [0.2, 0.25) is 0 Å². The Morgan fingerprint density at radius 1 is 1.29 bits per heavy atom. The van der Waals surface area contributed by atoms with Crippen LogP contribution < -0.4 is 10.1 Å². The van der Waals surface area contributed by atoms with E-state index in [1.165, 1.54) is 29.7 Å². The van der Waals surface area contributed by atoms with Crippen LogP contribution in [0.15, 0.2) is 47.2 Å². The molecule has 0 unspecified atom stereocenters. The van der Waals surface area contributed by atoms with E-state index in [9.17, 15) is 0 Å². The highest BCUT2D eigenvalue weighted by molar-refractivity contribution is 7.20.